The highest BCUT2D eigenvalue weighted by molar-refractivity contribution is 6.11. The van der Waals surface area contributed by atoms with Crippen LogP contribution in [0.4, 0.5) is 11.5 Å². The lowest BCUT2D eigenvalue weighted by Gasteiger charge is -2.32. The van der Waals surface area contributed by atoms with Gasteiger partial charge in [0.25, 0.3) is 0 Å². The largest absolute Gasteiger partial charge is 0.494 e. The van der Waals surface area contributed by atoms with Crippen molar-refractivity contribution in [3.05, 3.63) is 59.0 Å². The molecule has 0 spiro atoms. The summed E-state index contributed by atoms with van der Waals surface area (Å²) in [5, 5.41) is 5.93. The molecule has 0 bridgehead atoms. The number of rotatable bonds is 4. The Morgan fingerprint density at radius 1 is 1.28 bits per heavy atom. The van der Waals surface area contributed by atoms with Gasteiger partial charge in [-0.2, -0.15) is 0 Å². The number of aliphatic imine (C=N–C) groups is 1. The number of benzene rings is 1. The summed E-state index contributed by atoms with van der Waals surface area (Å²) in [5.74, 6) is 2.20. The molecule has 8 nitrogen and oxygen atoms in total. The fraction of sp³-hybridized carbons (Fsp3) is 0.238. The summed E-state index contributed by atoms with van der Waals surface area (Å²) in [5.41, 5.74) is 3.18. The van der Waals surface area contributed by atoms with E-state index < -0.39 is 0 Å². The molecule has 0 saturated carbocycles. The smallest absolute Gasteiger partial charge is 0.222 e. The second-order valence-electron chi connectivity index (χ2n) is 6.83. The van der Waals surface area contributed by atoms with Gasteiger partial charge in [-0.25, -0.2) is 4.98 Å². The summed E-state index contributed by atoms with van der Waals surface area (Å²) in [7, 11) is 1.63. The molecule has 2 aliphatic heterocycles. The van der Waals surface area contributed by atoms with Crippen molar-refractivity contribution in [3.8, 4) is 5.75 Å². The molecule has 29 heavy (non-hydrogen) atoms. The number of aryl methyl sites for hydroxylation is 1. The summed E-state index contributed by atoms with van der Waals surface area (Å²) in [6, 6.07) is 7.26. The van der Waals surface area contributed by atoms with E-state index >= 15 is 0 Å². The number of carbonyl (C=O) groups excluding carboxylic acids is 2. The van der Waals surface area contributed by atoms with Crippen molar-refractivity contribution >= 4 is 29.0 Å². The van der Waals surface area contributed by atoms with Gasteiger partial charge in [-0.3, -0.25) is 14.6 Å². The SMILES string of the molecule is COc1c(C)ccc2c1N/C(=C\C(=O)c1ccc(NC(C)=O)nc1)N1CCN=C21. The van der Waals surface area contributed by atoms with Crippen LogP contribution in [0.2, 0.25) is 0 Å². The Balaban J connectivity index is 1.67. The molecule has 8 heteroatoms. The molecular weight excluding hydrogens is 370 g/mol. The van der Waals surface area contributed by atoms with E-state index in [4.69, 9.17) is 4.74 Å². The van der Waals surface area contributed by atoms with Gasteiger partial charge in [0.15, 0.2) is 5.78 Å². The first-order chi connectivity index (χ1) is 14.0. The van der Waals surface area contributed by atoms with Gasteiger partial charge in [-0.05, 0) is 30.7 Å². The predicted octanol–water partition coefficient (Wildman–Crippen LogP) is 2.57. The molecule has 1 amide bonds. The van der Waals surface area contributed by atoms with Gasteiger partial charge in [0.1, 0.15) is 23.2 Å². The molecule has 148 valence electrons. The summed E-state index contributed by atoms with van der Waals surface area (Å²) in [6.45, 7) is 4.73. The number of anilines is 2. The topological polar surface area (TPSA) is 95.9 Å². The number of allylic oxidation sites excluding steroid dienone is 1. The number of ketones is 1. The Hall–Kier alpha value is -3.68. The van der Waals surface area contributed by atoms with Gasteiger partial charge >= 0.3 is 0 Å². The number of hydrogen-bond acceptors (Lipinski definition) is 7. The van der Waals surface area contributed by atoms with E-state index in [1.807, 2.05) is 24.0 Å². The van der Waals surface area contributed by atoms with Gasteiger partial charge in [0.2, 0.25) is 5.91 Å². The zero-order chi connectivity index (χ0) is 20.5. The molecule has 0 aliphatic carbocycles. The summed E-state index contributed by atoms with van der Waals surface area (Å²) >= 11 is 0. The third kappa shape index (κ3) is 3.44. The highest BCUT2D eigenvalue weighted by Crippen LogP contribution is 2.39. The number of fused-ring (bicyclic) bond motifs is 3. The normalized spacial score (nSPS) is 15.9. The summed E-state index contributed by atoms with van der Waals surface area (Å²) in [6.07, 6.45) is 2.99. The fourth-order valence-corrected chi connectivity index (χ4v) is 3.48. The molecule has 2 N–H and O–H groups in total. The third-order valence-corrected chi connectivity index (χ3v) is 4.80. The number of carbonyl (C=O) groups is 2. The zero-order valence-electron chi connectivity index (χ0n) is 16.4. The maximum Gasteiger partial charge on any atom is 0.222 e. The van der Waals surface area contributed by atoms with Crippen molar-refractivity contribution in [1.82, 2.24) is 9.88 Å². The maximum atomic E-state index is 12.8. The number of amides is 1. The average Bonchev–Trinajstić information content (AvgIpc) is 3.18. The molecule has 4 rings (SSSR count). The van der Waals surface area contributed by atoms with Crippen LogP contribution < -0.4 is 15.4 Å². The lowest BCUT2D eigenvalue weighted by molar-refractivity contribution is -0.114. The molecule has 0 atom stereocenters. The molecule has 0 radical (unpaired) electrons. The molecule has 2 aliphatic rings. The molecule has 0 unspecified atom stereocenters. The van der Waals surface area contributed by atoms with E-state index in [-0.39, 0.29) is 11.7 Å². The van der Waals surface area contributed by atoms with E-state index in [1.165, 1.54) is 13.1 Å². The van der Waals surface area contributed by atoms with Crippen LogP contribution in [0.25, 0.3) is 0 Å². The Labute approximate surface area is 168 Å². The van der Waals surface area contributed by atoms with E-state index in [2.05, 4.69) is 20.6 Å². The average molecular weight is 391 g/mol. The minimum atomic E-state index is -0.214. The van der Waals surface area contributed by atoms with Gasteiger partial charge in [0.05, 0.1) is 19.3 Å². The molecule has 0 fully saturated rings. The second-order valence-corrected chi connectivity index (χ2v) is 6.83. The number of methoxy groups -OCH3 is 1. The number of ether oxygens (including phenoxy) is 1. The zero-order valence-corrected chi connectivity index (χ0v) is 16.4. The highest BCUT2D eigenvalue weighted by Gasteiger charge is 2.32. The first-order valence-corrected chi connectivity index (χ1v) is 9.24. The second kappa shape index (κ2) is 7.38. The first-order valence-electron chi connectivity index (χ1n) is 9.24. The minimum absolute atomic E-state index is 0.198. The Morgan fingerprint density at radius 3 is 2.79 bits per heavy atom. The number of nitrogens with zero attached hydrogens (tertiary/aromatic N) is 3. The van der Waals surface area contributed by atoms with Crippen LogP contribution in [-0.4, -0.2) is 47.6 Å². The summed E-state index contributed by atoms with van der Waals surface area (Å²) < 4.78 is 5.58. The van der Waals surface area contributed by atoms with Crippen LogP contribution in [-0.2, 0) is 4.79 Å². The van der Waals surface area contributed by atoms with Crippen molar-refractivity contribution < 1.29 is 14.3 Å². The molecule has 3 heterocycles. The van der Waals surface area contributed by atoms with Crippen LogP contribution >= 0.6 is 0 Å². The van der Waals surface area contributed by atoms with Crippen LogP contribution in [0.1, 0.15) is 28.4 Å². The van der Waals surface area contributed by atoms with Crippen molar-refractivity contribution in [2.45, 2.75) is 13.8 Å². The Bertz CT molecular complexity index is 1060. The van der Waals surface area contributed by atoms with Gasteiger partial charge in [0, 0.05) is 36.9 Å². The first kappa shape index (κ1) is 18.7. The van der Waals surface area contributed by atoms with Crippen LogP contribution in [0.3, 0.4) is 0 Å². The summed E-state index contributed by atoms with van der Waals surface area (Å²) in [4.78, 5) is 34.7. The maximum absolute atomic E-state index is 12.8. The predicted molar refractivity (Wildman–Crippen MR) is 110 cm³/mol. The van der Waals surface area contributed by atoms with Gasteiger partial charge in [-0.1, -0.05) is 6.07 Å². The van der Waals surface area contributed by atoms with Gasteiger partial charge < -0.3 is 20.3 Å². The van der Waals surface area contributed by atoms with Crippen LogP contribution in [0.5, 0.6) is 5.75 Å². The highest BCUT2D eigenvalue weighted by atomic mass is 16.5. The molecular formula is C21H21N5O3. The monoisotopic (exact) mass is 391 g/mol. The molecule has 1 aromatic carbocycles. The standard InChI is InChI=1S/C21H21N5O3/c1-12-4-6-15-19(20(12)29-3)25-18(26-9-8-22-21(15)26)10-16(28)14-5-7-17(23-11-14)24-13(2)27/h4-7,10-11,25H,8-9H2,1-3H3,(H,23,24,27)/b18-10+. The van der Waals surface area contributed by atoms with E-state index in [1.54, 1.807) is 25.3 Å². The van der Waals surface area contributed by atoms with E-state index in [0.29, 0.717) is 30.3 Å². The Kier molecular flexibility index (Phi) is 4.75. The molecule has 0 saturated heterocycles. The quantitative estimate of drug-likeness (QED) is 0.614. The Morgan fingerprint density at radius 2 is 2.10 bits per heavy atom. The number of nitrogens with one attached hydrogen (secondary N) is 2. The number of pyridine rings is 1. The van der Waals surface area contributed by atoms with Crippen LogP contribution in [0.15, 0.2) is 47.4 Å². The van der Waals surface area contributed by atoms with Crippen molar-refractivity contribution in [2.24, 2.45) is 4.99 Å². The third-order valence-electron chi connectivity index (χ3n) is 4.80. The van der Waals surface area contributed by atoms with E-state index in [0.717, 1.165) is 28.4 Å². The van der Waals surface area contributed by atoms with Crippen molar-refractivity contribution in [1.29, 1.82) is 0 Å². The molecule has 2 aromatic rings. The van der Waals surface area contributed by atoms with Crippen molar-refractivity contribution in [2.75, 3.05) is 30.8 Å². The lowest BCUT2D eigenvalue weighted by atomic mass is 10.0. The molecule has 1 aromatic heterocycles. The number of amidine groups is 1. The fourth-order valence-electron chi connectivity index (χ4n) is 3.48. The van der Waals surface area contributed by atoms with E-state index in [9.17, 15) is 9.59 Å². The van der Waals surface area contributed by atoms with Gasteiger partial charge in [-0.15, -0.1) is 0 Å². The number of aromatic nitrogens is 1. The lowest BCUT2D eigenvalue weighted by Crippen LogP contribution is -2.36. The number of hydrogen-bond donors (Lipinski definition) is 2. The van der Waals surface area contributed by atoms with Crippen molar-refractivity contribution in [3.63, 3.8) is 0 Å². The van der Waals surface area contributed by atoms with Crippen LogP contribution in [0, 0.1) is 6.92 Å². The minimum Gasteiger partial charge on any atom is -0.494 e.